The Kier molecular flexibility index (Phi) is 6.25. The number of benzene rings is 1. The van der Waals surface area contributed by atoms with Crippen molar-refractivity contribution in [1.29, 1.82) is 0 Å². The number of hydrogen-bond acceptors (Lipinski definition) is 5. The monoisotopic (exact) mass is 455 g/mol. The number of imidazole rings is 1. The topological polar surface area (TPSA) is 83.6 Å². The number of likely N-dealkylation sites (N-methyl/N-ethyl adjacent to an activating group) is 1. The highest BCUT2D eigenvalue weighted by molar-refractivity contribution is 5.78. The van der Waals surface area contributed by atoms with Gasteiger partial charge in [-0.1, -0.05) is 6.07 Å². The Morgan fingerprint density at radius 1 is 1.21 bits per heavy atom. The molecule has 33 heavy (non-hydrogen) atoms. The number of pyridine rings is 1. The molecule has 1 atom stereocenters. The second-order valence-corrected chi connectivity index (χ2v) is 9.06. The van der Waals surface area contributed by atoms with E-state index in [1.165, 1.54) is 12.3 Å². The summed E-state index contributed by atoms with van der Waals surface area (Å²) in [5, 5.41) is 11.2. The molecule has 1 amide bonds. The van der Waals surface area contributed by atoms with Crippen molar-refractivity contribution in [1.82, 2.24) is 19.0 Å². The summed E-state index contributed by atoms with van der Waals surface area (Å²) in [7, 11) is 5.19. The number of aryl methyl sites for hydroxylation is 3. The number of rotatable bonds is 6. The molecule has 3 heterocycles. The van der Waals surface area contributed by atoms with E-state index in [0.717, 1.165) is 29.6 Å². The molecular weight excluding hydrogens is 425 g/mol. The third kappa shape index (κ3) is 4.78. The number of anilines is 1. The van der Waals surface area contributed by atoms with Gasteiger partial charge in [-0.3, -0.25) is 13.9 Å². The van der Waals surface area contributed by atoms with Gasteiger partial charge in [0, 0.05) is 40.7 Å². The van der Waals surface area contributed by atoms with Gasteiger partial charge in [-0.2, -0.15) is 0 Å². The van der Waals surface area contributed by atoms with Gasteiger partial charge in [-0.25, -0.2) is 14.2 Å². The molecule has 1 aliphatic rings. The van der Waals surface area contributed by atoms with Crippen molar-refractivity contribution < 1.29 is 14.3 Å². The fourth-order valence-corrected chi connectivity index (χ4v) is 4.67. The van der Waals surface area contributed by atoms with Crippen molar-refractivity contribution in [2.24, 2.45) is 14.1 Å². The van der Waals surface area contributed by atoms with Crippen LogP contribution in [0.3, 0.4) is 0 Å². The fraction of sp³-hybridized carbons (Fsp3) is 0.458. The first kappa shape index (κ1) is 23.0. The van der Waals surface area contributed by atoms with Gasteiger partial charge in [0.25, 0.3) is 0 Å². The maximum Gasteiger partial charge on any atom is 0.328 e. The van der Waals surface area contributed by atoms with Crippen LogP contribution in [0.4, 0.5) is 10.2 Å². The summed E-state index contributed by atoms with van der Waals surface area (Å²) >= 11 is 0. The molecule has 1 fully saturated rings. The van der Waals surface area contributed by atoms with Gasteiger partial charge in [-0.15, -0.1) is 0 Å². The molecular formula is C24H30FN5O3. The Bertz CT molecular complexity index is 1220. The molecule has 1 N–H and O–H groups in total. The molecule has 4 rings (SSSR count). The van der Waals surface area contributed by atoms with E-state index in [1.54, 1.807) is 41.2 Å². The van der Waals surface area contributed by atoms with E-state index < -0.39 is 11.4 Å². The quantitative estimate of drug-likeness (QED) is 0.613. The molecule has 0 bridgehead atoms. The molecule has 8 nitrogen and oxygen atoms in total. The Morgan fingerprint density at radius 2 is 1.97 bits per heavy atom. The number of halogens is 1. The van der Waals surface area contributed by atoms with Crippen LogP contribution in [0.15, 0.2) is 41.3 Å². The standard InChI is InChI=1S/C24H30FN5O3/c1-27(15-24(33)11-4-12-30(16-24)21-9-7-18(25)14-26-21)22(31)10-6-17-5-8-19-20(13-17)29(3)23(32)28(19)2/h5,7-9,13-14,33H,4,6,10-12,15-16H2,1-3H3. The Hall–Kier alpha value is -3.20. The first-order chi connectivity index (χ1) is 15.7. The lowest BCUT2D eigenvalue weighted by Gasteiger charge is -2.41. The van der Waals surface area contributed by atoms with E-state index in [0.29, 0.717) is 31.6 Å². The highest BCUT2D eigenvalue weighted by Gasteiger charge is 2.35. The number of aliphatic hydroxyl groups is 1. The fourth-order valence-electron chi connectivity index (χ4n) is 4.67. The molecule has 0 saturated carbocycles. The smallest absolute Gasteiger partial charge is 0.328 e. The molecule has 0 spiro atoms. The predicted octanol–water partition coefficient (Wildman–Crippen LogP) is 1.83. The van der Waals surface area contributed by atoms with E-state index in [2.05, 4.69) is 4.98 Å². The number of hydrogen-bond donors (Lipinski definition) is 1. The van der Waals surface area contributed by atoms with Crippen LogP contribution in [0.5, 0.6) is 0 Å². The zero-order valence-corrected chi connectivity index (χ0v) is 19.3. The third-order valence-corrected chi connectivity index (χ3v) is 6.51. The zero-order chi connectivity index (χ0) is 23.8. The van der Waals surface area contributed by atoms with Gasteiger partial charge in [0.1, 0.15) is 11.6 Å². The number of aromatic nitrogens is 3. The highest BCUT2D eigenvalue weighted by atomic mass is 19.1. The Morgan fingerprint density at radius 3 is 2.70 bits per heavy atom. The lowest BCUT2D eigenvalue weighted by molar-refractivity contribution is -0.133. The normalized spacial score (nSPS) is 18.6. The molecule has 0 aliphatic carbocycles. The number of nitrogens with zero attached hydrogens (tertiary/aromatic N) is 5. The summed E-state index contributed by atoms with van der Waals surface area (Å²) in [4.78, 5) is 32.5. The molecule has 0 radical (unpaired) electrons. The third-order valence-electron chi connectivity index (χ3n) is 6.51. The van der Waals surface area contributed by atoms with Gasteiger partial charge < -0.3 is 14.9 Å². The molecule has 176 valence electrons. The van der Waals surface area contributed by atoms with Crippen LogP contribution in [0, 0.1) is 5.82 Å². The van der Waals surface area contributed by atoms with Crippen molar-refractivity contribution in [2.45, 2.75) is 31.3 Å². The molecule has 1 saturated heterocycles. The Labute approximate surface area is 191 Å². The first-order valence-electron chi connectivity index (χ1n) is 11.1. The predicted molar refractivity (Wildman–Crippen MR) is 125 cm³/mol. The van der Waals surface area contributed by atoms with Gasteiger partial charge in [-0.05, 0) is 49.1 Å². The van der Waals surface area contributed by atoms with Crippen molar-refractivity contribution in [3.63, 3.8) is 0 Å². The lowest BCUT2D eigenvalue weighted by atomic mass is 9.92. The molecule has 1 unspecified atom stereocenters. The van der Waals surface area contributed by atoms with Crippen LogP contribution < -0.4 is 10.6 Å². The van der Waals surface area contributed by atoms with E-state index in [-0.39, 0.29) is 18.1 Å². The summed E-state index contributed by atoms with van der Waals surface area (Å²) in [6.07, 6.45) is 3.37. The van der Waals surface area contributed by atoms with Crippen LogP contribution in [0.2, 0.25) is 0 Å². The highest BCUT2D eigenvalue weighted by Crippen LogP contribution is 2.26. The number of carbonyl (C=O) groups is 1. The SMILES string of the molecule is CN(CC1(O)CCCN(c2ccc(F)cn2)C1)C(=O)CCc1ccc2c(c1)n(C)c(=O)n2C. The number of fused-ring (bicyclic) bond motifs is 1. The second-order valence-electron chi connectivity index (χ2n) is 9.06. The molecule has 1 aliphatic heterocycles. The molecule has 9 heteroatoms. The number of carbonyl (C=O) groups excluding carboxylic acids is 1. The summed E-state index contributed by atoms with van der Waals surface area (Å²) in [6, 6.07) is 8.76. The van der Waals surface area contributed by atoms with E-state index in [4.69, 9.17) is 0 Å². The average Bonchev–Trinajstić information content (AvgIpc) is 3.01. The summed E-state index contributed by atoms with van der Waals surface area (Å²) in [5.41, 5.74) is 1.54. The van der Waals surface area contributed by atoms with Crippen LogP contribution in [-0.4, -0.2) is 62.3 Å². The van der Waals surface area contributed by atoms with Gasteiger partial charge in [0.05, 0.1) is 29.4 Å². The van der Waals surface area contributed by atoms with E-state index >= 15 is 0 Å². The summed E-state index contributed by atoms with van der Waals surface area (Å²) in [6.45, 7) is 1.28. The van der Waals surface area contributed by atoms with Gasteiger partial charge in [0.2, 0.25) is 5.91 Å². The van der Waals surface area contributed by atoms with Crippen molar-refractivity contribution in [2.75, 3.05) is 31.6 Å². The summed E-state index contributed by atoms with van der Waals surface area (Å²) in [5.74, 6) is 0.168. The lowest BCUT2D eigenvalue weighted by Crippen LogP contribution is -2.54. The Balaban J connectivity index is 1.37. The average molecular weight is 456 g/mol. The van der Waals surface area contributed by atoms with E-state index in [1.807, 2.05) is 23.1 Å². The van der Waals surface area contributed by atoms with E-state index in [9.17, 15) is 19.1 Å². The van der Waals surface area contributed by atoms with Crippen LogP contribution >= 0.6 is 0 Å². The second kappa shape index (κ2) is 8.97. The minimum absolute atomic E-state index is 0.0532. The minimum Gasteiger partial charge on any atom is -0.386 e. The van der Waals surface area contributed by atoms with Crippen LogP contribution in [0.1, 0.15) is 24.8 Å². The summed E-state index contributed by atoms with van der Waals surface area (Å²) < 4.78 is 16.4. The van der Waals surface area contributed by atoms with Crippen LogP contribution in [0.25, 0.3) is 11.0 Å². The van der Waals surface area contributed by atoms with Crippen molar-refractivity contribution >= 4 is 22.8 Å². The first-order valence-corrected chi connectivity index (χ1v) is 11.1. The zero-order valence-electron chi connectivity index (χ0n) is 19.3. The van der Waals surface area contributed by atoms with Gasteiger partial charge >= 0.3 is 5.69 Å². The molecule has 1 aromatic carbocycles. The maximum atomic E-state index is 13.2. The number of β-amino-alcohol motifs (C(OH)–C–C–N with tert-alkyl or cyclic N) is 1. The van der Waals surface area contributed by atoms with Gasteiger partial charge in [0.15, 0.2) is 0 Å². The van der Waals surface area contributed by atoms with Crippen LogP contribution in [-0.2, 0) is 25.3 Å². The maximum absolute atomic E-state index is 13.2. The minimum atomic E-state index is -1.06. The largest absolute Gasteiger partial charge is 0.386 e. The van der Waals surface area contributed by atoms with Crippen molar-refractivity contribution in [3.8, 4) is 0 Å². The molecule has 2 aromatic heterocycles. The van der Waals surface area contributed by atoms with Crippen molar-refractivity contribution in [3.05, 3.63) is 58.4 Å². The number of piperidine rings is 1. The molecule has 3 aromatic rings. The number of amides is 1.